The monoisotopic (exact) mass is 543 g/mol. The van der Waals surface area contributed by atoms with Crippen LogP contribution in [0.15, 0.2) is 71.6 Å². The van der Waals surface area contributed by atoms with Crippen molar-refractivity contribution >= 4 is 38.9 Å². The summed E-state index contributed by atoms with van der Waals surface area (Å²) in [6.07, 6.45) is 0. The summed E-state index contributed by atoms with van der Waals surface area (Å²) >= 11 is 6.05. The summed E-state index contributed by atoms with van der Waals surface area (Å²) < 4.78 is 39.5. The first-order chi connectivity index (χ1) is 17.7. The minimum atomic E-state index is -4.13. The number of carbonyl (C=O) groups excluding carboxylic acids is 1. The molecule has 0 unspecified atom stereocenters. The highest BCUT2D eigenvalue weighted by Crippen LogP contribution is 2.31. The molecule has 1 fully saturated rings. The number of piperazine rings is 1. The van der Waals surface area contributed by atoms with Crippen molar-refractivity contribution in [3.05, 3.63) is 77.3 Å². The number of halogens is 1. The van der Waals surface area contributed by atoms with Crippen LogP contribution < -0.4 is 18.7 Å². The fraction of sp³-hybridized carbons (Fsp3) is 0.296. The van der Waals surface area contributed by atoms with E-state index < -0.39 is 10.0 Å². The number of anilines is 2. The lowest BCUT2D eigenvalue weighted by Crippen LogP contribution is -2.52. The lowest BCUT2D eigenvalue weighted by molar-refractivity contribution is -0.129. The lowest BCUT2D eigenvalue weighted by atomic mass is 10.2. The van der Waals surface area contributed by atoms with Crippen LogP contribution in [0.4, 0.5) is 11.4 Å². The number of amides is 1. The summed E-state index contributed by atoms with van der Waals surface area (Å²) in [5.41, 5.74) is 2.15. The van der Waals surface area contributed by atoms with Crippen LogP contribution in [0.1, 0.15) is 5.56 Å². The molecule has 1 saturated heterocycles. The highest BCUT2D eigenvalue weighted by molar-refractivity contribution is 7.93. The van der Waals surface area contributed by atoms with E-state index in [1.54, 1.807) is 61.4 Å². The molecule has 0 atom stereocenters. The Morgan fingerprint density at radius 2 is 1.57 bits per heavy atom. The van der Waals surface area contributed by atoms with Gasteiger partial charge in [-0.25, -0.2) is 8.42 Å². The Morgan fingerprint density at radius 3 is 2.16 bits per heavy atom. The standard InChI is InChI=1S/C27H30ClN3O5S/c1-20-4-13-25(36-3)26(18-20)37(33,34)31(23-7-5-21(28)6-8-23)19-27(32)30-16-14-29(15-17-30)22-9-11-24(35-2)12-10-22/h4-13,18H,14-17,19H2,1-3H3. The molecule has 4 rings (SSSR count). The Morgan fingerprint density at radius 1 is 0.919 bits per heavy atom. The molecular formula is C27H30ClN3O5S. The molecule has 0 aliphatic carbocycles. The summed E-state index contributed by atoms with van der Waals surface area (Å²) in [6, 6.07) is 19.1. The van der Waals surface area contributed by atoms with Crippen molar-refractivity contribution in [2.75, 3.05) is 56.1 Å². The Kier molecular flexibility index (Phi) is 8.14. The number of benzene rings is 3. The second-order valence-corrected chi connectivity index (χ2v) is 11.0. The molecule has 1 heterocycles. The normalized spacial score (nSPS) is 13.8. The molecule has 37 heavy (non-hydrogen) atoms. The smallest absolute Gasteiger partial charge is 0.268 e. The average molecular weight is 544 g/mol. The van der Waals surface area contributed by atoms with Gasteiger partial charge < -0.3 is 19.3 Å². The van der Waals surface area contributed by atoms with Crippen molar-refractivity contribution in [2.24, 2.45) is 0 Å². The van der Waals surface area contributed by atoms with Gasteiger partial charge in [0.1, 0.15) is 22.9 Å². The van der Waals surface area contributed by atoms with Crippen molar-refractivity contribution < 1.29 is 22.7 Å². The highest BCUT2D eigenvalue weighted by Gasteiger charge is 2.32. The summed E-state index contributed by atoms with van der Waals surface area (Å²) in [5, 5.41) is 0.468. The first-order valence-electron chi connectivity index (χ1n) is 11.8. The van der Waals surface area contributed by atoms with E-state index in [0.717, 1.165) is 21.3 Å². The number of hydrogen-bond acceptors (Lipinski definition) is 6. The Hall–Kier alpha value is -3.43. The molecule has 196 valence electrons. The zero-order valence-corrected chi connectivity index (χ0v) is 22.6. The molecule has 1 aliphatic rings. The zero-order chi connectivity index (χ0) is 26.6. The van der Waals surface area contributed by atoms with Crippen LogP contribution in [0.25, 0.3) is 0 Å². The second-order valence-electron chi connectivity index (χ2n) is 8.71. The van der Waals surface area contributed by atoms with Gasteiger partial charge in [0.15, 0.2) is 0 Å². The zero-order valence-electron chi connectivity index (χ0n) is 21.1. The minimum absolute atomic E-state index is 0.00192. The van der Waals surface area contributed by atoms with Crippen LogP contribution in [-0.2, 0) is 14.8 Å². The summed E-state index contributed by atoms with van der Waals surface area (Å²) in [5.74, 6) is 0.718. The molecule has 0 bridgehead atoms. The van der Waals surface area contributed by atoms with Crippen LogP contribution in [-0.4, -0.2) is 66.2 Å². The van der Waals surface area contributed by atoms with Crippen molar-refractivity contribution in [3.63, 3.8) is 0 Å². The summed E-state index contributed by atoms with van der Waals surface area (Å²) in [4.78, 5) is 17.3. The predicted octanol–water partition coefficient (Wildman–Crippen LogP) is 4.21. The number of aryl methyl sites for hydroxylation is 1. The Labute approximate surface area is 223 Å². The minimum Gasteiger partial charge on any atom is -0.497 e. The van der Waals surface area contributed by atoms with E-state index in [1.807, 2.05) is 24.3 Å². The first-order valence-corrected chi connectivity index (χ1v) is 13.6. The van der Waals surface area contributed by atoms with Crippen molar-refractivity contribution in [1.29, 1.82) is 0 Å². The van der Waals surface area contributed by atoms with Gasteiger partial charge >= 0.3 is 0 Å². The van der Waals surface area contributed by atoms with E-state index in [-0.39, 0.29) is 23.1 Å². The molecule has 0 N–H and O–H groups in total. The molecule has 3 aromatic carbocycles. The molecular weight excluding hydrogens is 514 g/mol. The Balaban J connectivity index is 1.56. The quantitative estimate of drug-likeness (QED) is 0.423. The molecule has 1 amide bonds. The number of carbonyl (C=O) groups is 1. The van der Waals surface area contributed by atoms with E-state index in [9.17, 15) is 13.2 Å². The van der Waals surface area contributed by atoms with Crippen LogP contribution in [0.3, 0.4) is 0 Å². The third-order valence-electron chi connectivity index (χ3n) is 6.35. The maximum absolute atomic E-state index is 13.9. The van der Waals surface area contributed by atoms with Gasteiger partial charge in [0.05, 0.1) is 19.9 Å². The van der Waals surface area contributed by atoms with Crippen LogP contribution in [0.5, 0.6) is 11.5 Å². The Bertz CT molecular complexity index is 1340. The van der Waals surface area contributed by atoms with Gasteiger partial charge in [-0.05, 0) is 73.2 Å². The van der Waals surface area contributed by atoms with Gasteiger partial charge in [0, 0.05) is 36.9 Å². The molecule has 10 heteroatoms. The van der Waals surface area contributed by atoms with E-state index >= 15 is 0 Å². The lowest BCUT2D eigenvalue weighted by Gasteiger charge is -2.37. The fourth-order valence-electron chi connectivity index (χ4n) is 4.26. The van der Waals surface area contributed by atoms with E-state index in [4.69, 9.17) is 21.1 Å². The van der Waals surface area contributed by atoms with Gasteiger partial charge in [0.2, 0.25) is 5.91 Å². The van der Waals surface area contributed by atoms with Crippen molar-refractivity contribution in [1.82, 2.24) is 4.90 Å². The van der Waals surface area contributed by atoms with E-state index in [1.165, 1.54) is 7.11 Å². The first kappa shape index (κ1) is 26.6. The SMILES string of the molecule is COc1ccc(N2CCN(C(=O)CN(c3ccc(Cl)cc3)S(=O)(=O)c3cc(C)ccc3OC)CC2)cc1. The van der Waals surface area contributed by atoms with Crippen molar-refractivity contribution in [3.8, 4) is 11.5 Å². The largest absolute Gasteiger partial charge is 0.497 e. The van der Waals surface area contributed by atoms with Crippen molar-refractivity contribution in [2.45, 2.75) is 11.8 Å². The highest BCUT2D eigenvalue weighted by atomic mass is 35.5. The van der Waals surface area contributed by atoms with Gasteiger partial charge in [-0.3, -0.25) is 9.10 Å². The summed E-state index contributed by atoms with van der Waals surface area (Å²) in [7, 11) is -1.08. The molecule has 0 spiro atoms. The topological polar surface area (TPSA) is 79.4 Å². The molecule has 1 aliphatic heterocycles. The van der Waals surface area contributed by atoms with E-state index in [0.29, 0.717) is 36.9 Å². The average Bonchev–Trinajstić information content (AvgIpc) is 2.92. The molecule has 0 aromatic heterocycles. The second kappa shape index (κ2) is 11.3. The predicted molar refractivity (Wildman–Crippen MR) is 146 cm³/mol. The van der Waals surface area contributed by atoms with Gasteiger partial charge in [-0.1, -0.05) is 17.7 Å². The molecule has 3 aromatic rings. The fourth-order valence-corrected chi connectivity index (χ4v) is 6.04. The van der Waals surface area contributed by atoms with E-state index in [2.05, 4.69) is 4.90 Å². The molecule has 0 saturated carbocycles. The molecule has 0 radical (unpaired) electrons. The van der Waals surface area contributed by atoms with Crippen LogP contribution >= 0.6 is 11.6 Å². The van der Waals surface area contributed by atoms with Crippen LogP contribution in [0.2, 0.25) is 5.02 Å². The number of hydrogen-bond donors (Lipinski definition) is 0. The maximum Gasteiger partial charge on any atom is 0.268 e. The number of nitrogens with zero attached hydrogens (tertiary/aromatic N) is 3. The van der Waals surface area contributed by atoms with Crippen LogP contribution in [0, 0.1) is 6.92 Å². The number of rotatable bonds is 8. The van der Waals surface area contributed by atoms with Gasteiger partial charge in [-0.15, -0.1) is 0 Å². The third-order valence-corrected chi connectivity index (χ3v) is 8.40. The van der Waals surface area contributed by atoms with Gasteiger partial charge in [0.25, 0.3) is 10.0 Å². The number of ether oxygens (including phenoxy) is 2. The van der Waals surface area contributed by atoms with Gasteiger partial charge in [-0.2, -0.15) is 0 Å². The number of methoxy groups -OCH3 is 2. The third kappa shape index (κ3) is 5.94. The molecule has 8 nitrogen and oxygen atoms in total. The summed E-state index contributed by atoms with van der Waals surface area (Å²) in [6.45, 7) is 3.69. The number of sulfonamides is 1. The maximum atomic E-state index is 13.9.